The number of fused-ring (bicyclic) bond motifs is 1. The number of carbonyl (C=O) groups is 1. The van der Waals surface area contributed by atoms with Gasteiger partial charge in [-0.3, -0.25) is 4.79 Å². The second kappa shape index (κ2) is 6.49. The molecule has 0 atom stereocenters. The number of hydrogen-bond acceptors (Lipinski definition) is 3. The molecule has 1 aromatic heterocycles. The number of carbonyl (C=O) groups excluding carboxylic acids is 1. The molecule has 0 spiro atoms. The molecule has 21 heavy (non-hydrogen) atoms. The summed E-state index contributed by atoms with van der Waals surface area (Å²) in [6.07, 6.45) is 9.10. The highest BCUT2D eigenvalue weighted by molar-refractivity contribution is 7.14. The van der Waals surface area contributed by atoms with E-state index in [9.17, 15) is 4.79 Å². The number of amides is 1. The van der Waals surface area contributed by atoms with E-state index in [1.54, 1.807) is 11.3 Å². The number of aryl methyl sites for hydroxylation is 2. The SMILES string of the molecule is CCN(C(=O)c1cc2c(s1)CCCC2)C1CCC(N)CC1. The summed E-state index contributed by atoms with van der Waals surface area (Å²) in [5.41, 5.74) is 7.42. The van der Waals surface area contributed by atoms with Crippen LogP contribution < -0.4 is 5.73 Å². The zero-order valence-electron chi connectivity index (χ0n) is 12.9. The highest BCUT2D eigenvalue weighted by atomic mass is 32.1. The monoisotopic (exact) mass is 306 g/mol. The molecule has 0 bridgehead atoms. The summed E-state index contributed by atoms with van der Waals surface area (Å²) in [6, 6.07) is 2.89. The zero-order chi connectivity index (χ0) is 14.8. The maximum atomic E-state index is 12.9. The smallest absolute Gasteiger partial charge is 0.264 e. The molecule has 2 aliphatic rings. The molecule has 0 aromatic carbocycles. The fraction of sp³-hybridized carbons (Fsp3) is 0.706. The van der Waals surface area contributed by atoms with Gasteiger partial charge in [-0.2, -0.15) is 0 Å². The normalized spacial score (nSPS) is 25.4. The van der Waals surface area contributed by atoms with E-state index in [2.05, 4.69) is 17.9 Å². The van der Waals surface area contributed by atoms with E-state index >= 15 is 0 Å². The maximum Gasteiger partial charge on any atom is 0.264 e. The molecular weight excluding hydrogens is 280 g/mol. The van der Waals surface area contributed by atoms with Crippen molar-refractivity contribution >= 4 is 17.2 Å². The molecule has 1 fully saturated rings. The van der Waals surface area contributed by atoms with Crippen molar-refractivity contribution in [2.75, 3.05) is 6.54 Å². The average molecular weight is 306 g/mol. The quantitative estimate of drug-likeness (QED) is 0.931. The van der Waals surface area contributed by atoms with E-state index in [-0.39, 0.29) is 5.91 Å². The molecule has 3 rings (SSSR count). The predicted molar refractivity (Wildman–Crippen MR) is 87.9 cm³/mol. The lowest BCUT2D eigenvalue weighted by Crippen LogP contribution is -2.43. The Bertz CT molecular complexity index is 479. The van der Waals surface area contributed by atoms with Crippen LogP contribution in [-0.4, -0.2) is 29.4 Å². The molecule has 2 aliphatic carbocycles. The second-order valence-corrected chi connectivity index (χ2v) is 7.56. The number of rotatable bonds is 3. The molecule has 0 saturated heterocycles. The minimum atomic E-state index is 0.248. The first-order valence-electron chi connectivity index (χ1n) is 8.37. The summed E-state index contributed by atoms with van der Waals surface area (Å²) < 4.78 is 0. The van der Waals surface area contributed by atoms with Crippen LogP contribution in [0, 0.1) is 0 Å². The van der Waals surface area contributed by atoms with Gasteiger partial charge in [0.2, 0.25) is 0 Å². The van der Waals surface area contributed by atoms with Crippen LogP contribution >= 0.6 is 11.3 Å². The van der Waals surface area contributed by atoms with E-state index in [1.165, 1.54) is 23.3 Å². The standard InChI is InChI=1S/C17H26N2OS/c1-2-19(14-9-7-13(18)8-10-14)17(20)16-11-12-5-3-4-6-15(12)21-16/h11,13-14H,2-10,18H2,1H3. The Morgan fingerprint density at radius 1 is 1.29 bits per heavy atom. The molecule has 0 radical (unpaired) electrons. The largest absolute Gasteiger partial charge is 0.335 e. The van der Waals surface area contributed by atoms with E-state index < -0.39 is 0 Å². The first-order valence-corrected chi connectivity index (χ1v) is 9.18. The Hall–Kier alpha value is -0.870. The summed E-state index contributed by atoms with van der Waals surface area (Å²) >= 11 is 1.74. The Kier molecular flexibility index (Phi) is 4.65. The van der Waals surface area contributed by atoms with Crippen molar-refractivity contribution < 1.29 is 4.79 Å². The topological polar surface area (TPSA) is 46.3 Å². The molecule has 1 amide bonds. The fourth-order valence-electron chi connectivity index (χ4n) is 3.72. The molecule has 1 heterocycles. The van der Waals surface area contributed by atoms with E-state index in [4.69, 9.17) is 5.73 Å². The third-order valence-electron chi connectivity index (χ3n) is 4.99. The molecular formula is C17H26N2OS. The van der Waals surface area contributed by atoms with Crippen molar-refractivity contribution in [2.24, 2.45) is 5.73 Å². The minimum Gasteiger partial charge on any atom is -0.335 e. The second-order valence-electron chi connectivity index (χ2n) is 6.43. The summed E-state index contributed by atoms with van der Waals surface area (Å²) in [7, 11) is 0. The first-order chi connectivity index (χ1) is 10.2. The van der Waals surface area contributed by atoms with Gasteiger partial charge in [0.25, 0.3) is 5.91 Å². The van der Waals surface area contributed by atoms with Crippen LogP contribution in [0.2, 0.25) is 0 Å². The lowest BCUT2D eigenvalue weighted by atomic mass is 9.90. The molecule has 4 heteroatoms. The van der Waals surface area contributed by atoms with Gasteiger partial charge in [-0.05, 0) is 69.9 Å². The maximum absolute atomic E-state index is 12.9. The molecule has 1 saturated carbocycles. The summed E-state index contributed by atoms with van der Waals surface area (Å²) in [4.78, 5) is 17.4. The van der Waals surface area contributed by atoms with Crippen molar-refractivity contribution in [1.29, 1.82) is 0 Å². The molecule has 0 unspecified atom stereocenters. The molecule has 1 aromatic rings. The van der Waals surface area contributed by atoms with Crippen LogP contribution in [0.1, 0.15) is 65.6 Å². The Morgan fingerprint density at radius 3 is 2.67 bits per heavy atom. The predicted octanol–water partition coefficient (Wildman–Crippen LogP) is 3.36. The van der Waals surface area contributed by atoms with Crippen molar-refractivity contribution in [3.05, 3.63) is 21.4 Å². The van der Waals surface area contributed by atoms with Crippen molar-refractivity contribution in [2.45, 2.75) is 70.4 Å². The minimum absolute atomic E-state index is 0.248. The molecule has 0 aliphatic heterocycles. The number of nitrogens with zero attached hydrogens (tertiary/aromatic N) is 1. The van der Waals surface area contributed by atoms with E-state index in [0.717, 1.165) is 49.9 Å². The van der Waals surface area contributed by atoms with Crippen LogP contribution in [0.5, 0.6) is 0 Å². The fourth-order valence-corrected chi connectivity index (χ4v) is 4.93. The van der Waals surface area contributed by atoms with Gasteiger partial charge in [0.15, 0.2) is 0 Å². The first kappa shape index (κ1) is 15.0. The highest BCUT2D eigenvalue weighted by Gasteiger charge is 2.28. The van der Waals surface area contributed by atoms with Crippen molar-refractivity contribution in [3.63, 3.8) is 0 Å². The number of thiophene rings is 1. The summed E-state index contributed by atoms with van der Waals surface area (Å²) in [6.45, 7) is 2.90. The van der Waals surface area contributed by atoms with Crippen LogP contribution in [0.4, 0.5) is 0 Å². The van der Waals surface area contributed by atoms with Crippen LogP contribution in [0.3, 0.4) is 0 Å². The number of hydrogen-bond donors (Lipinski definition) is 1. The molecule has 116 valence electrons. The van der Waals surface area contributed by atoms with Crippen molar-refractivity contribution in [1.82, 2.24) is 4.90 Å². The van der Waals surface area contributed by atoms with Gasteiger partial charge < -0.3 is 10.6 Å². The molecule has 3 nitrogen and oxygen atoms in total. The Balaban J connectivity index is 1.74. The Labute approximate surface area is 131 Å². The molecule has 2 N–H and O–H groups in total. The van der Waals surface area contributed by atoms with Gasteiger partial charge in [0.05, 0.1) is 4.88 Å². The Morgan fingerprint density at radius 2 is 2.00 bits per heavy atom. The van der Waals surface area contributed by atoms with Crippen LogP contribution in [-0.2, 0) is 12.8 Å². The lowest BCUT2D eigenvalue weighted by molar-refractivity contribution is 0.0645. The van der Waals surface area contributed by atoms with Gasteiger partial charge in [-0.15, -0.1) is 11.3 Å². The van der Waals surface area contributed by atoms with E-state index in [1.807, 2.05) is 0 Å². The zero-order valence-corrected chi connectivity index (χ0v) is 13.8. The highest BCUT2D eigenvalue weighted by Crippen LogP contribution is 2.31. The third-order valence-corrected chi connectivity index (χ3v) is 6.22. The van der Waals surface area contributed by atoms with Gasteiger partial charge in [-0.1, -0.05) is 0 Å². The third kappa shape index (κ3) is 3.16. The van der Waals surface area contributed by atoms with Crippen LogP contribution in [0.25, 0.3) is 0 Å². The van der Waals surface area contributed by atoms with Crippen LogP contribution in [0.15, 0.2) is 6.07 Å². The van der Waals surface area contributed by atoms with Gasteiger partial charge in [0.1, 0.15) is 0 Å². The van der Waals surface area contributed by atoms with Gasteiger partial charge in [0, 0.05) is 23.5 Å². The number of nitrogens with two attached hydrogens (primary N) is 1. The summed E-state index contributed by atoms with van der Waals surface area (Å²) in [5, 5.41) is 0. The van der Waals surface area contributed by atoms with E-state index in [0.29, 0.717) is 12.1 Å². The van der Waals surface area contributed by atoms with Crippen molar-refractivity contribution in [3.8, 4) is 0 Å². The lowest BCUT2D eigenvalue weighted by Gasteiger charge is -2.35. The average Bonchev–Trinajstić information content (AvgIpc) is 2.93. The summed E-state index contributed by atoms with van der Waals surface area (Å²) in [5.74, 6) is 0.248. The van der Waals surface area contributed by atoms with Gasteiger partial charge in [-0.25, -0.2) is 0 Å². The van der Waals surface area contributed by atoms with Gasteiger partial charge >= 0.3 is 0 Å².